The van der Waals surface area contributed by atoms with Crippen LogP contribution in [-0.2, 0) is 9.84 Å². The molecule has 0 N–H and O–H groups in total. The lowest BCUT2D eigenvalue weighted by Crippen LogP contribution is -2.21. The molecule has 1 unspecified atom stereocenters. The van der Waals surface area contributed by atoms with Crippen LogP contribution in [0.2, 0.25) is 25.7 Å². The smallest absolute Gasteiger partial charge is 0.184 e. The van der Waals surface area contributed by atoms with Crippen molar-refractivity contribution in [1.82, 2.24) is 0 Å². The third kappa shape index (κ3) is 6.49. The van der Waals surface area contributed by atoms with Crippen LogP contribution in [0, 0.1) is 0 Å². The van der Waals surface area contributed by atoms with Gasteiger partial charge in [-0.25, -0.2) is 8.42 Å². The molecule has 1 aromatic rings. The zero-order valence-corrected chi connectivity index (χ0v) is 16.5. The maximum absolute atomic E-state index is 12.7. The normalized spacial score (nSPS) is 14.5. The van der Waals surface area contributed by atoms with E-state index in [9.17, 15) is 8.42 Å². The van der Waals surface area contributed by atoms with Gasteiger partial charge in [0.2, 0.25) is 0 Å². The van der Waals surface area contributed by atoms with Gasteiger partial charge in [-0.1, -0.05) is 65.9 Å². The summed E-state index contributed by atoms with van der Waals surface area (Å²) in [5.74, 6) is 0. The summed E-state index contributed by atoms with van der Waals surface area (Å²) in [5, 5.41) is 0.407. The molecule has 0 fully saturated rings. The van der Waals surface area contributed by atoms with Crippen LogP contribution < -0.4 is 0 Å². The largest absolute Gasteiger partial charge is 0.223 e. The lowest BCUT2D eigenvalue weighted by molar-refractivity contribution is 0.583. The quantitative estimate of drug-likeness (QED) is 0.360. The molecule has 21 heavy (non-hydrogen) atoms. The molecule has 0 aliphatic rings. The Balaban J connectivity index is 2.96. The van der Waals surface area contributed by atoms with Gasteiger partial charge in [-0.3, -0.25) is 0 Å². The molecule has 0 bridgehead atoms. The Morgan fingerprint density at radius 3 is 2.33 bits per heavy atom. The Hall–Kier alpha value is -0.393. The number of rotatable bonds is 8. The van der Waals surface area contributed by atoms with Crippen molar-refractivity contribution in [1.29, 1.82) is 0 Å². The van der Waals surface area contributed by atoms with E-state index in [2.05, 4.69) is 41.6 Å². The predicted octanol–water partition coefficient (Wildman–Crippen LogP) is 4.90. The molecule has 0 aliphatic heterocycles. The number of benzene rings is 1. The van der Waals surface area contributed by atoms with Crippen LogP contribution in [0.3, 0.4) is 0 Å². The Bertz CT molecular complexity index is 547. The van der Waals surface area contributed by atoms with Crippen LogP contribution in [0.25, 0.3) is 0 Å². The van der Waals surface area contributed by atoms with Crippen LogP contribution in [0.4, 0.5) is 0 Å². The van der Waals surface area contributed by atoms with E-state index in [0.717, 1.165) is 17.8 Å². The highest BCUT2D eigenvalue weighted by Crippen LogP contribution is 2.22. The van der Waals surface area contributed by atoms with Gasteiger partial charge in [0.05, 0.1) is 10.1 Å². The molecular weight excluding hydrogens is 364 g/mol. The van der Waals surface area contributed by atoms with Crippen LogP contribution in [-0.4, -0.2) is 27.1 Å². The van der Waals surface area contributed by atoms with Crippen molar-refractivity contribution in [2.75, 3.05) is 5.33 Å². The summed E-state index contributed by atoms with van der Waals surface area (Å²) in [7, 11) is -4.47. The minimum absolute atomic E-state index is 0.419. The van der Waals surface area contributed by atoms with E-state index in [1.165, 1.54) is 0 Å². The Morgan fingerprint density at radius 2 is 1.81 bits per heavy atom. The van der Waals surface area contributed by atoms with Crippen LogP contribution >= 0.6 is 15.9 Å². The van der Waals surface area contributed by atoms with E-state index >= 15 is 0 Å². The van der Waals surface area contributed by atoms with E-state index in [-0.39, 0.29) is 0 Å². The Kier molecular flexibility index (Phi) is 7.37. The summed E-state index contributed by atoms with van der Waals surface area (Å²) in [6, 6.07) is 9.78. The minimum atomic E-state index is -3.28. The molecule has 5 heteroatoms. The van der Waals surface area contributed by atoms with Crippen molar-refractivity contribution in [3.8, 4) is 0 Å². The van der Waals surface area contributed by atoms with Crippen molar-refractivity contribution in [2.24, 2.45) is 0 Å². The second-order valence-corrected chi connectivity index (χ2v) is 14.9. The van der Waals surface area contributed by atoms with Gasteiger partial charge in [0.15, 0.2) is 9.84 Å². The summed E-state index contributed by atoms with van der Waals surface area (Å²) in [6.45, 7) is 6.86. The first kappa shape index (κ1) is 18.7. The molecule has 1 atom stereocenters. The molecule has 1 rings (SSSR count). The molecule has 0 saturated heterocycles. The number of hydrogen-bond acceptors (Lipinski definition) is 2. The fourth-order valence-corrected chi connectivity index (χ4v) is 4.84. The zero-order chi connectivity index (χ0) is 15.9. The average Bonchev–Trinajstić information content (AvgIpc) is 2.42. The van der Waals surface area contributed by atoms with Crippen molar-refractivity contribution in [3.05, 3.63) is 42.5 Å². The minimum Gasteiger partial charge on any atom is -0.223 e. The summed E-state index contributed by atoms with van der Waals surface area (Å²) in [5.41, 5.74) is 0. The molecule has 0 heterocycles. The van der Waals surface area contributed by atoms with Gasteiger partial charge in [0.25, 0.3) is 0 Å². The first-order valence-corrected chi connectivity index (χ1v) is 13.7. The highest BCUT2D eigenvalue weighted by molar-refractivity contribution is 9.09. The summed E-state index contributed by atoms with van der Waals surface area (Å²) < 4.78 is 25.5. The molecule has 0 radical (unpaired) electrons. The SMILES string of the molecule is C[Si](C)(C)C/C=C/C(CCCBr)S(=O)(=O)c1ccccc1. The molecule has 1 aromatic carbocycles. The highest BCUT2D eigenvalue weighted by atomic mass is 79.9. The maximum Gasteiger partial charge on any atom is 0.184 e. The van der Waals surface area contributed by atoms with Crippen LogP contribution in [0.5, 0.6) is 0 Å². The third-order valence-corrected chi connectivity index (χ3v) is 7.31. The molecule has 0 spiro atoms. The lowest BCUT2D eigenvalue weighted by atomic mass is 10.2. The van der Waals surface area contributed by atoms with Gasteiger partial charge in [0.1, 0.15) is 0 Å². The van der Waals surface area contributed by atoms with E-state index < -0.39 is 23.2 Å². The second-order valence-electron chi connectivity index (χ2n) is 6.42. The second kappa shape index (κ2) is 8.29. The zero-order valence-electron chi connectivity index (χ0n) is 13.0. The fourth-order valence-electron chi connectivity index (χ4n) is 1.99. The monoisotopic (exact) mass is 388 g/mol. The number of allylic oxidation sites excluding steroid dienone is 1. The van der Waals surface area contributed by atoms with Crippen LogP contribution in [0.1, 0.15) is 12.8 Å². The van der Waals surface area contributed by atoms with Crippen molar-refractivity contribution < 1.29 is 8.42 Å². The predicted molar refractivity (Wildman–Crippen MR) is 97.7 cm³/mol. The van der Waals surface area contributed by atoms with E-state index in [0.29, 0.717) is 11.3 Å². The number of hydrogen-bond donors (Lipinski definition) is 0. The number of halogens is 1. The van der Waals surface area contributed by atoms with E-state index in [4.69, 9.17) is 0 Å². The van der Waals surface area contributed by atoms with Gasteiger partial charge in [0, 0.05) is 13.4 Å². The first-order chi connectivity index (χ1) is 9.77. The summed E-state index contributed by atoms with van der Waals surface area (Å²) >= 11 is 3.39. The number of alkyl halides is 1. The summed E-state index contributed by atoms with van der Waals surface area (Å²) in [4.78, 5) is 0.419. The number of sulfone groups is 1. The van der Waals surface area contributed by atoms with Crippen molar-refractivity contribution in [3.63, 3.8) is 0 Å². The van der Waals surface area contributed by atoms with Gasteiger partial charge in [-0.2, -0.15) is 0 Å². The molecular formula is C16H25BrO2SSi. The standard InChI is InChI=1S/C16H25BrO2SSi/c1-21(2,3)14-8-12-16(11-7-13-17)20(18,19)15-9-5-4-6-10-15/h4-6,8-10,12,16H,7,11,13-14H2,1-3H3/b12-8+. The molecule has 118 valence electrons. The topological polar surface area (TPSA) is 34.1 Å². The van der Waals surface area contributed by atoms with Gasteiger partial charge < -0.3 is 0 Å². The first-order valence-electron chi connectivity index (χ1n) is 7.29. The lowest BCUT2D eigenvalue weighted by Gasteiger charge is -2.16. The molecule has 0 aromatic heterocycles. The Labute approximate surface area is 138 Å². The van der Waals surface area contributed by atoms with E-state index in [1.54, 1.807) is 24.3 Å². The molecule has 0 aliphatic carbocycles. The van der Waals surface area contributed by atoms with Gasteiger partial charge in [-0.15, -0.1) is 0 Å². The molecule has 2 nitrogen and oxygen atoms in total. The van der Waals surface area contributed by atoms with Gasteiger partial charge in [-0.05, 0) is 31.0 Å². The van der Waals surface area contributed by atoms with E-state index in [1.807, 2.05) is 12.1 Å². The Morgan fingerprint density at radius 1 is 1.19 bits per heavy atom. The maximum atomic E-state index is 12.7. The highest BCUT2D eigenvalue weighted by Gasteiger charge is 2.24. The molecule has 0 amide bonds. The van der Waals surface area contributed by atoms with Crippen LogP contribution in [0.15, 0.2) is 47.4 Å². The summed E-state index contributed by atoms with van der Waals surface area (Å²) in [6.07, 6.45) is 5.49. The van der Waals surface area contributed by atoms with Crippen molar-refractivity contribution >= 4 is 33.8 Å². The fraction of sp³-hybridized carbons (Fsp3) is 0.500. The molecule has 0 saturated carbocycles. The van der Waals surface area contributed by atoms with Gasteiger partial charge >= 0.3 is 0 Å². The average molecular weight is 389 g/mol. The van der Waals surface area contributed by atoms with Crippen molar-refractivity contribution in [2.45, 2.75) is 48.7 Å². The third-order valence-electron chi connectivity index (χ3n) is 3.17.